The summed E-state index contributed by atoms with van der Waals surface area (Å²) >= 11 is 0. The smallest absolute Gasteiger partial charge is 0.224 e. The quantitative estimate of drug-likeness (QED) is 0.571. The summed E-state index contributed by atoms with van der Waals surface area (Å²) in [5.74, 6) is 0.755. The lowest BCUT2D eigenvalue weighted by molar-refractivity contribution is -0.114. The molecule has 6 nitrogen and oxygen atoms in total. The SMILES string of the molecule is CC(=O)Nc1cccc(Nc2cc(C)nc(NCCc3ccccc3F)n2)c1. The predicted molar refractivity (Wildman–Crippen MR) is 109 cm³/mol. The molecular formula is C21H22FN5O. The van der Waals surface area contributed by atoms with Crippen LogP contribution in [0.2, 0.25) is 0 Å². The minimum absolute atomic E-state index is 0.128. The molecule has 0 fully saturated rings. The molecule has 0 spiro atoms. The summed E-state index contributed by atoms with van der Waals surface area (Å²) in [5.41, 5.74) is 2.94. The molecule has 28 heavy (non-hydrogen) atoms. The lowest BCUT2D eigenvalue weighted by Crippen LogP contribution is -2.10. The number of aromatic nitrogens is 2. The third kappa shape index (κ3) is 5.51. The van der Waals surface area contributed by atoms with Crippen molar-refractivity contribution in [1.29, 1.82) is 0 Å². The van der Waals surface area contributed by atoms with Crippen molar-refractivity contribution in [2.24, 2.45) is 0 Å². The Balaban J connectivity index is 1.66. The Hall–Kier alpha value is -3.48. The highest BCUT2D eigenvalue weighted by molar-refractivity contribution is 5.89. The second-order valence-corrected chi connectivity index (χ2v) is 6.37. The van der Waals surface area contributed by atoms with E-state index < -0.39 is 0 Å². The van der Waals surface area contributed by atoms with Gasteiger partial charge in [-0.15, -0.1) is 0 Å². The van der Waals surface area contributed by atoms with E-state index in [1.165, 1.54) is 13.0 Å². The Morgan fingerprint density at radius 3 is 2.61 bits per heavy atom. The monoisotopic (exact) mass is 379 g/mol. The molecule has 0 aliphatic carbocycles. The van der Waals surface area contributed by atoms with Gasteiger partial charge >= 0.3 is 0 Å². The average molecular weight is 379 g/mol. The third-order valence-electron chi connectivity index (χ3n) is 3.94. The van der Waals surface area contributed by atoms with Gasteiger partial charge in [-0.05, 0) is 43.2 Å². The molecule has 144 valence electrons. The Labute approximate surface area is 163 Å². The fourth-order valence-corrected chi connectivity index (χ4v) is 2.75. The van der Waals surface area contributed by atoms with Crippen molar-refractivity contribution in [3.63, 3.8) is 0 Å². The molecule has 0 radical (unpaired) electrons. The van der Waals surface area contributed by atoms with Gasteiger partial charge in [0.15, 0.2) is 0 Å². The normalized spacial score (nSPS) is 10.4. The number of benzene rings is 2. The minimum Gasteiger partial charge on any atom is -0.354 e. The molecule has 0 saturated carbocycles. The fraction of sp³-hybridized carbons (Fsp3) is 0.190. The molecule has 1 heterocycles. The molecule has 1 aromatic heterocycles. The molecule has 2 aromatic carbocycles. The van der Waals surface area contributed by atoms with Crippen LogP contribution in [0.4, 0.5) is 27.5 Å². The van der Waals surface area contributed by atoms with E-state index in [2.05, 4.69) is 25.9 Å². The van der Waals surface area contributed by atoms with E-state index in [-0.39, 0.29) is 11.7 Å². The summed E-state index contributed by atoms with van der Waals surface area (Å²) < 4.78 is 13.7. The third-order valence-corrected chi connectivity index (χ3v) is 3.94. The first kappa shape index (κ1) is 19.3. The number of hydrogen-bond acceptors (Lipinski definition) is 5. The Morgan fingerprint density at radius 1 is 1.04 bits per heavy atom. The van der Waals surface area contributed by atoms with E-state index in [1.54, 1.807) is 12.1 Å². The van der Waals surface area contributed by atoms with E-state index in [0.29, 0.717) is 36.0 Å². The summed E-state index contributed by atoms with van der Waals surface area (Å²) in [6, 6.07) is 15.9. The number of hydrogen-bond donors (Lipinski definition) is 3. The molecule has 3 N–H and O–H groups in total. The van der Waals surface area contributed by atoms with Crippen molar-refractivity contribution in [3.8, 4) is 0 Å². The fourth-order valence-electron chi connectivity index (χ4n) is 2.75. The van der Waals surface area contributed by atoms with Crippen molar-refractivity contribution in [2.75, 3.05) is 22.5 Å². The first-order valence-corrected chi connectivity index (χ1v) is 8.97. The number of carbonyl (C=O) groups excluding carboxylic acids is 1. The minimum atomic E-state index is -0.212. The van der Waals surface area contributed by atoms with E-state index in [4.69, 9.17) is 0 Å². The topological polar surface area (TPSA) is 78.9 Å². The van der Waals surface area contributed by atoms with E-state index in [1.807, 2.05) is 43.3 Å². The molecule has 0 bridgehead atoms. The zero-order valence-corrected chi connectivity index (χ0v) is 15.8. The standard InChI is InChI=1S/C21H22FN5O/c1-14-12-20(26-18-8-5-7-17(13-18)25-15(2)28)27-21(24-14)23-11-10-16-6-3-4-9-19(16)22/h3-9,12-13H,10-11H2,1-2H3,(H,25,28)(H2,23,24,26,27). The first-order chi connectivity index (χ1) is 13.5. The lowest BCUT2D eigenvalue weighted by atomic mass is 10.1. The highest BCUT2D eigenvalue weighted by atomic mass is 19.1. The van der Waals surface area contributed by atoms with Crippen molar-refractivity contribution in [2.45, 2.75) is 20.3 Å². The van der Waals surface area contributed by atoms with Crippen LogP contribution in [0.5, 0.6) is 0 Å². The molecule has 0 unspecified atom stereocenters. The number of carbonyl (C=O) groups is 1. The zero-order chi connectivity index (χ0) is 19.9. The van der Waals surface area contributed by atoms with Crippen LogP contribution in [0.3, 0.4) is 0 Å². The van der Waals surface area contributed by atoms with Gasteiger partial charge in [-0.1, -0.05) is 24.3 Å². The van der Waals surface area contributed by atoms with Crippen molar-refractivity contribution in [3.05, 3.63) is 71.7 Å². The number of rotatable bonds is 7. The molecule has 3 rings (SSSR count). The number of aryl methyl sites for hydroxylation is 1. The molecule has 0 atom stereocenters. The van der Waals surface area contributed by atoms with Gasteiger partial charge in [-0.2, -0.15) is 4.98 Å². The van der Waals surface area contributed by atoms with Crippen molar-refractivity contribution in [1.82, 2.24) is 9.97 Å². The molecule has 1 amide bonds. The highest BCUT2D eigenvalue weighted by Gasteiger charge is 2.05. The van der Waals surface area contributed by atoms with Gasteiger partial charge < -0.3 is 16.0 Å². The van der Waals surface area contributed by atoms with Gasteiger partial charge in [0.05, 0.1) is 0 Å². The summed E-state index contributed by atoms with van der Waals surface area (Å²) in [5, 5.41) is 9.10. The van der Waals surface area contributed by atoms with Crippen LogP contribution < -0.4 is 16.0 Å². The largest absolute Gasteiger partial charge is 0.354 e. The van der Waals surface area contributed by atoms with E-state index in [0.717, 1.165) is 11.4 Å². The number of anilines is 4. The van der Waals surface area contributed by atoms with Gasteiger partial charge in [0.25, 0.3) is 0 Å². The number of nitrogens with one attached hydrogen (secondary N) is 3. The molecule has 0 aliphatic heterocycles. The lowest BCUT2D eigenvalue weighted by Gasteiger charge is -2.11. The van der Waals surface area contributed by atoms with Crippen LogP contribution in [0, 0.1) is 12.7 Å². The summed E-state index contributed by atoms with van der Waals surface area (Å²) in [4.78, 5) is 20.0. The number of amides is 1. The Morgan fingerprint density at radius 2 is 1.82 bits per heavy atom. The molecule has 7 heteroatoms. The van der Waals surface area contributed by atoms with Crippen LogP contribution in [-0.2, 0) is 11.2 Å². The molecule has 0 saturated heterocycles. The number of nitrogens with zero attached hydrogens (tertiary/aromatic N) is 2. The van der Waals surface area contributed by atoms with Crippen molar-refractivity contribution >= 4 is 29.0 Å². The zero-order valence-electron chi connectivity index (χ0n) is 15.8. The maximum absolute atomic E-state index is 13.7. The van der Waals surface area contributed by atoms with Gasteiger partial charge in [-0.3, -0.25) is 4.79 Å². The summed E-state index contributed by atoms with van der Waals surface area (Å²) in [6.45, 7) is 3.86. The summed E-state index contributed by atoms with van der Waals surface area (Å²) in [6.07, 6.45) is 0.533. The van der Waals surface area contributed by atoms with Crippen LogP contribution >= 0.6 is 0 Å². The van der Waals surface area contributed by atoms with Crippen LogP contribution in [0.1, 0.15) is 18.2 Å². The van der Waals surface area contributed by atoms with Gasteiger partial charge in [0.2, 0.25) is 11.9 Å². The first-order valence-electron chi connectivity index (χ1n) is 8.97. The Bertz CT molecular complexity index is 977. The van der Waals surface area contributed by atoms with Crippen LogP contribution in [0.25, 0.3) is 0 Å². The van der Waals surface area contributed by atoms with Crippen LogP contribution in [-0.4, -0.2) is 22.4 Å². The second-order valence-electron chi connectivity index (χ2n) is 6.37. The van der Waals surface area contributed by atoms with Gasteiger partial charge in [0.1, 0.15) is 11.6 Å². The van der Waals surface area contributed by atoms with Crippen LogP contribution in [0.15, 0.2) is 54.6 Å². The van der Waals surface area contributed by atoms with E-state index >= 15 is 0 Å². The van der Waals surface area contributed by atoms with Crippen molar-refractivity contribution < 1.29 is 9.18 Å². The predicted octanol–water partition coefficient (Wildman–Crippen LogP) is 4.28. The Kier molecular flexibility index (Phi) is 6.16. The highest BCUT2D eigenvalue weighted by Crippen LogP contribution is 2.20. The second kappa shape index (κ2) is 8.94. The molecule has 0 aliphatic rings. The van der Waals surface area contributed by atoms with Gasteiger partial charge in [0, 0.05) is 36.6 Å². The molecular weight excluding hydrogens is 357 g/mol. The molecule has 3 aromatic rings. The maximum Gasteiger partial charge on any atom is 0.224 e. The van der Waals surface area contributed by atoms with E-state index in [9.17, 15) is 9.18 Å². The maximum atomic E-state index is 13.7. The average Bonchev–Trinajstić information content (AvgIpc) is 2.62. The number of halogens is 1. The summed E-state index contributed by atoms with van der Waals surface area (Å²) in [7, 11) is 0. The van der Waals surface area contributed by atoms with Gasteiger partial charge in [-0.25, -0.2) is 9.37 Å².